The molecule has 3 rings (SSSR count). The molecule has 2 aromatic rings. The Kier molecular flexibility index (Phi) is 4.34. The summed E-state index contributed by atoms with van der Waals surface area (Å²) in [6, 6.07) is 3.03. The fourth-order valence-corrected chi connectivity index (χ4v) is 2.85. The maximum atomic E-state index is 13.1. The Labute approximate surface area is 124 Å². The van der Waals surface area contributed by atoms with Crippen molar-refractivity contribution >= 4 is 11.6 Å². The molecular formula is C15H22FN5. The molecule has 1 fully saturated rings. The van der Waals surface area contributed by atoms with Gasteiger partial charge in [0.05, 0.1) is 6.20 Å². The van der Waals surface area contributed by atoms with E-state index in [0.717, 1.165) is 13.1 Å². The monoisotopic (exact) mass is 291 g/mol. The minimum absolute atomic E-state index is 0.308. The van der Waals surface area contributed by atoms with Crippen molar-refractivity contribution in [1.29, 1.82) is 0 Å². The third-order valence-electron chi connectivity index (χ3n) is 3.92. The zero-order valence-electron chi connectivity index (χ0n) is 12.4. The summed E-state index contributed by atoms with van der Waals surface area (Å²) in [6.07, 6.45) is 5.34. The Balaban J connectivity index is 1.53. The Bertz CT molecular complexity index is 591. The first kappa shape index (κ1) is 14.3. The van der Waals surface area contributed by atoms with Crippen molar-refractivity contribution in [2.75, 3.05) is 31.5 Å². The number of nitrogens with zero attached hydrogens (tertiary/aromatic N) is 4. The van der Waals surface area contributed by atoms with E-state index in [2.05, 4.69) is 27.2 Å². The van der Waals surface area contributed by atoms with E-state index in [4.69, 9.17) is 0 Å². The van der Waals surface area contributed by atoms with Gasteiger partial charge in [0.25, 0.3) is 0 Å². The molecule has 6 heteroatoms. The van der Waals surface area contributed by atoms with E-state index in [0.29, 0.717) is 17.5 Å². The Morgan fingerprint density at radius 1 is 1.29 bits per heavy atom. The standard InChI is InChI=1S/C15H22FN5/c1-12(10-20-7-3-2-4-8-20)9-17-15-18-14-6-5-13(16)11-21(14)19-15/h5-6,11-12H,2-4,7-10H2,1H3,(H,17,19). The van der Waals surface area contributed by atoms with E-state index in [1.54, 1.807) is 6.07 Å². The predicted molar refractivity (Wildman–Crippen MR) is 80.9 cm³/mol. The highest BCUT2D eigenvalue weighted by atomic mass is 19.1. The molecule has 3 heterocycles. The summed E-state index contributed by atoms with van der Waals surface area (Å²) in [5, 5.41) is 7.48. The lowest BCUT2D eigenvalue weighted by molar-refractivity contribution is 0.204. The van der Waals surface area contributed by atoms with E-state index in [1.165, 1.54) is 49.1 Å². The van der Waals surface area contributed by atoms with E-state index < -0.39 is 0 Å². The SMILES string of the molecule is CC(CNc1nc2ccc(F)cn2n1)CN1CCCCC1. The van der Waals surface area contributed by atoms with Crippen LogP contribution in [-0.4, -0.2) is 45.7 Å². The average molecular weight is 291 g/mol. The van der Waals surface area contributed by atoms with Gasteiger partial charge in [-0.05, 0) is 44.0 Å². The van der Waals surface area contributed by atoms with Crippen molar-refractivity contribution in [1.82, 2.24) is 19.5 Å². The smallest absolute Gasteiger partial charge is 0.243 e. The zero-order chi connectivity index (χ0) is 14.7. The maximum absolute atomic E-state index is 13.1. The number of hydrogen-bond acceptors (Lipinski definition) is 4. The summed E-state index contributed by atoms with van der Waals surface area (Å²) in [5.41, 5.74) is 0.655. The molecular weight excluding hydrogens is 269 g/mol. The molecule has 0 aliphatic carbocycles. The highest BCUT2D eigenvalue weighted by molar-refractivity contribution is 5.42. The Morgan fingerprint density at radius 3 is 2.90 bits per heavy atom. The van der Waals surface area contributed by atoms with E-state index >= 15 is 0 Å². The van der Waals surface area contributed by atoms with Crippen LogP contribution in [0.1, 0.15) is 26.2 Å². The molecule has 1 N–H and O–H groups in total. The van der Waals surface area contributed by atoms with Gasteiger partial charge in [-0.15, -0.1) is 5.10 Å². The quantitative estimate of drug-likeness (QED) is 0.919. The Hall–Kier alpha value is -1.69. The first-order chi connectivity index (χ1) is 10.2. The number of halogens is 1. The van der Waals surface area contributed by atoms with E-state index in [1.807, 2.05) is 0 Å². The summed E-state index contributed by atoms with van der Waals surface area (Å²) in [5.74, 6) is 0.787. The summed E-state index contributed by atoms with van der Waals surface area (Å²) < 4.78 is 14.6. The molecule has 21 heavy (non-hydrogen) atoms. The van der Waals surface area contributed by atoms with Crippen molar-refractivity contribution in [3.63, 3.8) is 0 Å². The summed E-state index contributed by atoms with van der Waals surface area (Å²) in [6.45, 7) is 6.61. The molecule has 0 saturated carbocycles. The van der Waals surface area contributed by atoms with Crippen LogP contribution in [0, 0.1) is 11.7 Å². The van der Waals surface area contributed by atoms with Gasteiger partial charge in [-0.1, -0.05) is 13.3 Å². The summed E-state index contributed by atoms with van der Waals surface area (Å²) >= 11 is 0. The Morgan fingerprint density at radius 2 is 2.10 bits per heavy atom. The van der Waals surface area contributed by atoms with Crippen LogP contribution in [-0.2, 0) is 0 Å². The van der Waals surface area contributed by atoms with Crippen LogP contribution in [0.15, 0.2) is 18.3 Å². The topological polar surface area (TPSA) is 45.5 Å². The molecule has 1 aliphatic heterocycles. The van der Waals surface area contributed by atoms with Crippen molar-refractivity contribution in [3.05, 3.63) is 24.1 Å². The number of piperidine rings is 1. The van der Waals surface area contributed by atoms with Gasteiger partial charge in [-0.25, -0.2) is 8.91 Å². The number of likely N-dealkylation sites (tertiary alicyclic amines) is 1. The fraction of sp³-hybridized carbons (Fsp3) is 0.600. The maximum Gasteiger partial charge on any atom is 0.243 e. The molecule has 0 bridgehead atoms. The predicted octanol–water partition coefficient (Wildman–Crippen LogP) is 2.40. The van der Waals surface area contributed by atoms with Gasteiger partial charge < -0.3 is 10.2 Å². The van der Waals surface area contributed by atoms with Gasteiger partial charge in [0.2, 0.25) is 5.95 Å². The van der Waals surface area contributed by atoms with Gasteiger partial charge >= 0.3 is 0 Å². The number of anilines is 1. The van der Waals surface area contributed by atoms with Crippen molar-refractivity contribution in [2.45, 2.75) is 26.2 Å². The highest BCUT2D eigenvalue weighted by Gasteiger charge is 2.14. The van der Waals surface area contributed by atoms with Crippen LogP contribution >= 0.6 is 0 Å². The van der Waals surface area contributed by atoms with E-state index in [9.17, 15) is 4.39 Å². The van der Waals surface area contributed by atoms with Gasteiger partial charge in [-0.2, -0.15) is 4.98 Å². The largest absolute Gasteiger partial charge is 0.353 e. The molecule has 114 valence electrons. The third kappa shape index (κ3) is 3.69. The fourth-order valence-electron chi connectivity index (χ4n) is 2.85. The third-order valence-corrected chi connectivity index (χ3v) is 3.92. The molecule has 1 atom stereocenters. The van der Waals surface area contributed by atoms with Crippen LogP contribution in [0.25, 0.3) is 5.65 Å². The van der Waals surface area contributed by atoms with Gasteiger partial charge in [0.1, 0.15) is 5.82 Å². The van der Waals surface area contributed by atoms with Gasteiger partial charge in [-0.3, -0.25) is 0 Å². The van der Waals surface area contributed by atoms with Gasteiger partial charge in [0.15, 0.2) is 5.65 Å². The molecule has 1 unspecified atom stereocenters. The van der Waals surface area contributed by atoms with Crippen molar-refractivity contribution < 1.29 is 4.39 Å². The number of fused-ring (bicyclic) bond motifs is 1. The van der Waals surface area contributed by atoms with Crippen LogP contribution < -0.4 is 5.32 Å². The van der Waals surface area contributed by atoms with E-state index in [-0.39, 0.29) is 5.82 Å². The number of aromatic nitrogens is 3. The molecule has 0 spiro atoms. The number of hydrogen-bond donors (Lipinski definition) is 1. The summed E-state index contributed by atoms with van der Waals surface area (Å²) in [7, 11) is 0. The van der Waals surface area contributed by atoms with Crippen LogP contribution in [0.5, 0.6) is 0 Å². The number of nitrogens with one attached hydrogen (secondary N) is 1. The lowest BCUT2D eigenvalue weighted by atomic mass is 10.1. The average Bonchev–Trinajstić information content (AvgIpc) is 2.88. The van der Waals surface area contributed by atoms with Crippen molar-refractivity contribution in [2.24, 2.45) is 5.92 Å². The summed E-state index contributed by atoms with van der Waals surface area (Å²) in [4.78, 5) is 6.86. The molecule has 1 aliphatic rings. The molecule has 5 nitrogen and oxygen atoms in total. The second-order valence-corrected chi connectivity index (χ2v) is 5.93. The number of pyridine rings is 1. The van der Waals surface area contributed by atoms with Crippen LogP contribution in [0.2, 0.25) is 0 Å². The minimum Gasteiger partial charge on any atom is -0.353 e. The van der Waals surface area contributed by atoms with Crippen molar-refractivity contribution in [3.8, 4) is 0 Å². The lowest BCUT2D eigenvalue weighted by Crippen LogP contribution is -2.35. The number of rotatable bonds is 5. The second-order valence-electron chi connectivity index (χ2n) is 5.93. The van der Waals surface area contributed by atoms with Crippen LogP contribution in [0.4, 0.5) is 10.3 Å². The minimum atomic E-state index is -0.308. The molecule has 0 amide bonds. The van der Waals surface area contributed by atoms with Crippen LogP contribution in [0.3, 0.4) is 0 Å². The lowest BCUT2D eigenvalue weighted by Gasteiger charge is -2.29. The first-order valence-electron chi connectivity index (χ1n) is 7.69. The zero-order valence-corrected chi connectivity index (χ0v) is 12.4. The van der Waals surface area contributed by atoms with Gasteiger partial charge in [0, 0.05) is 13.1 Å². The molecule has 0 radical (unpaired) electrons. The molecule has 1 saturated heterocycles. The molecule has 2 aromatic heterocycles. The second kappa shape index (κ2) is 6.39. The highest BCUT2D eigenvalue weighted by Crippen LogP contribution is 2.12. The normalized spacial score (nSPS) is 18.0. The first-order valence-corrected chi connectivity index (χ1v) is 7.69. The molecule has 0 aromatic carbocycles.